The van der Waals surface area contributed by atoms with Crippen molar-refractivity contribution in [1.82, 2.24) is 10.3 Å². The molecule has 0 bridgehead atoms. The van der Waals surface area contributed by atoms with Crippen molar-refractivity contribution in [2.75, 3.05) is 12.8 Å². The highest BCUT2D eigenvalue weighted by atomic mass is 32.2. The van der Waals surface area contributed by atoms with E-state index in [4.69, 9.17) is 0 Å². The molecule has 1 aromatic heterocycles. The summed E-state index contributed by atoms with van der Waals surface area (Å²) in [6.07, 6.45) is 0.663. The van der Waals surface area contributed by atoms with E-state index in [1.54, 1.807) is 0 Å². The Labute approximate surface area is 101 Å². The fourth-order valence-electron chi connectivity index (χ4n) is 1.45. The number of hydrogen-bond donors (Lipinski definition) is 1. The summed E-state index contributed by atoms with van der Waals surface area (Å²) in [4.78, 5) is 5.41. The van der Waals surface area contributed by atoms with Crippen molar-refractivity contribution in [2.45, 2.75) is 32.6 Å². The van der Waals surface area contributed by atoms with Crippen LogP contribution in [0.4, 0.5) is 0 Å². The van der Waals surface area contributed by atoms with Gasteiger partial charge < -0.3 is 5.32 Å². The first-order chi connectivity index (χ1) is 7.48. The van der Waals surface area contributed by atoms with Gasteiger partial charge in [-0.3, -0.25) is 0 Å². The zero-order chi connectivity index (χ0) is 12.2. The summed E-state index contributed by atoms with van der Waals surface area (Å²) in [6.45, 7) is 4.54. The van der Waals surface area contributed by atoms with Crippen LogP contribution in [0.25, 0.3) is 0 Å². The summed E-state index contributed by atoms with van der Waals surface area (Å²) in [5, 5.41) is 3.75. The molecule has 0 aliphatic carbocycles. The van der Waals surface area contributed by atoms with E-state index in [0.29, 0.717) is 11.4 Å². The third-order valence-corrected chi connectivity index (χ3v) is 5.22. The molecule has 16 heavy (non-hydrogen) atoms. The van der Waals surface area contributed by atoms with Gasteiger partial charge in [0.2, 0.25) is 0 Å². The standard InChI is InChI=1S/C10H18N2O2S2/c1-4-5-16(13,14)7-10-12-8(2)9(15-10)6-11-3/h11H,4-7H2,1-3H3. The van der Waals surface area contributed by atoms with E-state index >= 15 is 0 Å². The molecule has 0 atom stereocenters. The fourth-order valence-corrected chi connectivity index (χ4v) is 4.30. The molecule has 0 saturated heterocycles. The number of hydrogen-bond acceptors (Lipinski definition) is 5. The van der Waals surface area contributed by atoms with Crippen LogP contribution in [0.5, 0.6) is 0 Å². The molecule has 0 unspecified atom stereocenters. The molecule has 1 rings (SSSR count). The van der Waals surface area contributed by atoms with Gasteiger partial charge in [0, 0.05) is 11.4 Å². The summed E-state index contributed by atoms with van der Waals surface area (Å²) >= 11 is 1.48. The lowest BCUT2D eigenvalue weighted by Crippen LogP contribution is -2.08. The Hall–Kier alpha value is -0.460. The highest BCUT2D eigenvalue weighted by Gasteiger charge is 2.15. The normalized spacial score (nSPS) is 11.9. The van der Waals surface area contributed by atoms with Crippen LogP contribution in [0.1, 0.15) is 28.9 Å². The van der Waals surface area contributed by atoms with Crippen LogP contribution in [0.15, 0.2) is 0 Å². The molecular formula is C10H18N2O2S2. The van der Waals surface area contributed by atoms with E-state index in [1.165, 1.54) is 11.3 Å². The lowest BCUT2D eigenvalue weighted by Gasteiger charge is -1.98. The van der Waals surface area contributed by atoms with Crippen molar-refractivity contribution in [3.05, 3.63) is 15.6 Å². The number of thiazole rings is 1. The second kappa shape index (κ2) is 5.75. The maximum atomic E-state index is 11.6. The average Bonchev–Trinajstić information content (AvgIpc) is 2.46. The Balaban J connectivity index is 2.79. The van der Waals surface area contributed by atoms with Crippen LogP contribution in [0.3, 0.4) is 0 Å². The molecule has 0 fully saturated rings. The summed E-state index contributed by atoms with van der Waals surface area (Å²) in [7, 11) is -1.11. The van der Waals surface area contributed by atoms with Crippen LogP contribution in [0, 0.1) is 6.92 Å². The quantitative estimate of drug-likeness (QED) is 0.844. The van der Waals surface area contributed by atoms with Gasteiger partial charge in [0.05, 0.1) is 11.4 Å². The SMILES string of the molecule is CCCS(=O)(=O)Cc1nc(C)c(CNC)s1. The molecule has 6 heteroatoms. The molecule has 4 nitrogen and oxygen atoms in total. The first-order valence-electron chi connectivity index (χ1n) is 5.28. The van der Waals surface area contributed by atoms with Crippen molar-refractivity contribution >= 4 is 21.2 Å². The van der Waals surface area contributed by atoms with Gasteiger partial charge in [0.25, 0.3) is 0 Å². The Morgan fingerprint density at radius 3 is 2.69 bits per heavy atom. The molecule has 1 heterocycles. The van der Waals surface area contributed by atoms with E-state index in [2.05, 4.69) is 10.3 Å². The second-order valence-corrected chi connectivity index (χ2v) is 7.09. The molecule has 1 N–H and O–H groups in total. The van der Waals surface area contributed by atoms with Crippen molar-refractivity contribution in [1.29, 1.82) is 0 Å². The monoisotopic (exact) mass is 262 g/mol. The lowest BCUT2D eigenvalue weighted by molar-refractivity contribution is 0.594. The van der Waals surface area contributed by atoms with Gasteiger partial charge in [0.1, 0.15) is 10.8 Å². The van der Waals surface area contributed by atoms with Gasteiger partial charge >= 0.3 is 0 Å². The third-order valence-electron chi connectivity index (χ3n) is 2.13. The largest absolute Gasteiger partial charge is 0.315 e. The zero-order valence-corrected chi connectivity index (χ0v) is 11.5. The Morgan fingerprint density at radius 2 is 2.12 bits per heavy atom. The molecule has 1 aromatic rings. The van der Waals surface area contributed by atoms with Crippen molar-refractivity contribution < 1.29 is 8.42 Å². The zero-order valence-electron chi connectivity index (χ0n) is 9.91. The van der Waals surface area contributed by atoms with E-state index in [9.17, 15) is 8.42 Å². The molecule has 0 aromatic carbocycles. The van der Waals surface area contributed by atoms with E-state index in [0.717, 1.165) is 17.1 Å². The first-order valence-corrected chi connectivity index (χ1v) is 7.92. The summed E-state index contributed by atoms with van der Waals surface area (Å²) in [5.74, 6) is 0.322. The number of nitrogens with zero attached hydrogens (tertiary/aromatic N) is 1. The van der Waals surface area contributed by atoms with Crippen molar-refractivity contribution in [3.63, 3.8) is 0 Å². The Morgan fingerprint density at radius 1 is 1.44 bits per heavy atom. The smallest absolute Gasteiger partial charge is 0.156 e. The van der Waals surface area contributed by atoms with Gasteiger partial charge in [-0.2, -0.15) is 0 Å². The number of rotatable bonds is 6. The highest BCUT2D eigenvalue weighted by molar-refractivity contribution is 7.90. The van der Waals surface area contributed by atoms with Crippen LogP contribution < -0.4 is 5.32 Å². The summed E-state index contributed by atoms with van der Waals surface area (Å²) in [6, 6.07) is 0. The van der Waals surface area contributed by atoms with Gasteiger partial charge in [-0.15, -0.1) is 11.3 Å². The number of aryl methyl sites for hydroxylation is 1. The molecule has 0 radical (unpaired) electrons. The molecular weight excluding hydrogens is 244 g/mol. The van der Waals surface area contributed by atoms with Crippen LogP contribution in [0.2, 0.25) is 0 Å². The lowest BCUT2D eigenvalue weighted by atomic mass is 10.4. The highest BCUT2D eigenvalue weighted by Crippen LogP contribution is 2.20. The van der Waals surface area contributed by atoms with Crippen molar-refractivity contribution in [3.8, 4) is 0 Å². The van der Waals surface area contributed by atoms with E-state index < -0.39 is 9.84 Å². The molecule has 0 saturated carbocycles. The topological polar surface area (TPSA) is 59.1 Å². The van der Waals surface area contributed by atoms with Gasteiger partial charge in [0.15, 0.2) is 9.84 Å². The maximum Gasteiger partial charge on any atom is 0.156 e. The number of aromatic nitrogens is 1. The minimum Gasteiger partial charge on any atom is -0.315 e. The van der Waals surface area contributed by atoms with Crippen LogP contribution >= 0.6 is 11.3 Å². The summed E-state index contributed by atoms with van der Waals surface area (Å²) in [5.41, 5.74) is 0.932. The average molecular weight is 262 g/mol. The Kier molecular flexibility index (Phi) is 4.89. The molecule has 92 valence electrons. The van der Waals surface area contributed by atoms with Gasteiger partial charge in [-0.05, 0) is 20.4 Å². The number of sulfone groups is 1. The predicted molar refractivity (Wildman–Crippen MR) is 67.4 cm³/mol. The predicted octanol–water partition coefficient (Wildman–Crippen LogP) is 1.50. The minimum absolute atomic E-state index is 0.0794. The molecule has 0 aliphatic rings. The molecule has 0 spiro atoms. The number of nitrogens with one attached hydrogen (secondary N) is 1. The van der Waals surface area contributed by atoms with E-state index in [-0.39, 0.29) is 11.5 Å². The third kappa shape index (κ3) is 3.84. The Bertz CT molecular complexity index is 438. The second-order valence-electron chi connectivity index (χ2n) is 3.74. The first kappa shape index (κ1) is 13.6. The minimum atomic E-state index is -2.98. The van der Waals surface area contributed by atoms with E-state index in [1.807, 2.05) is 20.9 Å². The van der Waals surface area contributed by atoms with Crippen LogP contribution in [-0.2, 0) is 22.1 Å². The molecule has 0 aliphatic heterocycles. The summed E-state index contributed by atoms with van der Waals surface area (Å²) < 4.78 is 23.3. The maximum absolute atomic E-state index is 11.6. The van der Waals surface area contributed by atoms with Crippen molar-refractivity contribution in [2.24, 2.45) is 0 Å². The van der Waals surface area contributed by atoms with Gasteiger partial charge in [-0.1, -0.05) is 6.92 Å². The molecule has 0 amide bonds. The van der Waals surface area contributed by atoms with Gasteiger partial charge in [-0.25, -0.2) is 13.4 Å². The fraction of sp³-hybridized carbons (Fsp3) is 0.700. The van der Waals surface area contributed by atoms with Crippen LogP contribution in [-0.4, -0.2) is 26.2 Å².